The molecule has 1 N–H and O–H groups in total. The van der Waals surface area contributed by atoms with Gasteiger partial charge in [0, 0.05) is 13.5 Å². The number of hydrogen-bond acceptors (Lipinski definition) is 6. The summed E-state index contributed by atoms with van der Waals surface area (Å²) in [4.78, 5) is 25.3. The van der Waals surface area contributed by atoms with Crippen LogP contribution >= 0.6 is 7.60 Å². The van der Waals surface area contributed by atoms with Crippen LogP contribution in [-0.4, -0.2) is 36.7 Å². The number of carboxylic acid groups (broad SMARTS) is 1. The van der Waals surface area contributed by atoms with Crippen molar-refractivity contribution in [1.29, 1.82) is 0 Å². The lowest BCUT2D eigenvalue weighted by Crippen LogP contribution is -2.14. The van der Waals surface area contributed by atoms with Crippen molar-refractivity contribution in [3.8, 4) is 0 Å². The van der Waals surface area contributed by atoms with Crippen LogP contribution < -0.4 is 0 Å². The van der Waals surface area contributed by atoms with Crippen LogP contribution in [0.25, 0.3) is 0 Å². The van der Waals surface area contributed by atoms with Gasteiger partial charge >= 0.3 is 13.6 Å². The molecule has 8 heteroatoms. The Bertz CT molecular complexity index is 275. The van der Waals surface area contributed by atoms with Crippen molar-refractivity contribution in [1.82, 2.24) is 0 Å². The predicted molar refractivity (Wildman–Crippen MR) is 49.5 cm³/mol. The van der Waals surface area contributed by atoms with E-state index < -0.39 is 25.8 Å². The van der Waals surface area contributed by atoms with Crippen molar-refractivity contribution in [2.75, 3.05) is 19.9 Å². The van der Waals surface area contributed by atoms with E-state index in [4.69, 9.17) is 5.11 Å². The Morgan fingerprint density at radius 3 is 2.40 bits per heavy atom. The fourth-order valence-electron chi connectivity index (χ4n) is 0.637. The molecule has 1 atom stereocenters. The summed E-state index contributed by atoms with van der Waals surface area (Å²) in [5.41, 5.74) is 0. The van der Waals surface area contributed by atoms with E-state index >= 15 is 0 Å². The average molecular weight is 240 g/mol. The fraction of sp³-hybridized carbons (Fsp3) is 0.714. The van der Waals surface area contributed by atoms with E-state index in [1.54, 1.807) is 6.92 Å². The van der Waals surface area contributed by atoms with Crippen LogP contribution in [0.3, 0.4) is 0 Å². The van der Waals surface area contributed by atoms with Crippen molar-refractivity contribution < 1.29 is 33.3 Å². The first-order valence-corrected chi connectivity index (χ1v) is 5.90. The van der Waals surface area contributed by atoms with Crippen LogP contribution in [0, 0.1) is 0 Å². The Morgan fingerprint density at radius 2 is 2.00 bits per heavy atom. The third-order valence-electron chi connectivity index (χ3n) is 1.41. The van der Waals surface area contributed by atoms with E-state index in [-0.39, 0.29) is 12.8 Å². The van der Waals surface area contributed by atoms with Crippen LogP contribution in [0.1, 0.15) is 13.3 Å². The lowest BCUT2D eigenvalue weighted by molar-refractivity contribution is -0.209. The predicted octanol–water partition coefficient (Wildman–Crippen LogP) is 0.838. The highest BCUT2D eigenvalue weighted by molar-refractivity contribution is 7.53. The summed E-state index contributed by atoms with van der Waals surface area (Å²) < 4.78 is 20.5. The number of rotatable bonds is 8. The number of Topliss-reactive ketones (excluding diaryl/α,β-unsaturated/α-hetero) is 1. The standard InChI is InChI=1S/C7H13O7P/c1-3-13-14-15(11,12-2)5-4-6(8)7(9)10/h3-5H2,1-2H3,(H,9,10). The normalized spacial score (nSPS) is 14.5. The second-order valence-electron chi connectivity index (χ2n) is 2.48. The molecule has 0 amide bonds. The van der Waals surface area contributed by atoms with Gasteiger partial charge in [-0.25, -0.2) is 9.68 Å². The zero-order valence-electron chi connectivity index (χ0n) is 8.47. The van der Waals surface area contributed by atoms with Crippen LogP contribution in [0.2, 0.25) is 0 Å². The van der Waals surface area contributed by atoms with E-state index in [1.165, 1.54) is 0 Å². The summed E-state index contributed by atoms with van der Waals surface area (Å²) in [5, 5.41) is 8.28. The molecule has 0 spiro atoms. The molecule has 0 aromatic heterocycles. The highest BCUT2D eigenvalue weighted by atomic mass is 31.2. The van der Waals surface area contributed by atoms with E-state index in [0.717, 1.165) is 7.11 Å². The minimum Gasteiger partial charge on any atom is -0.476 e. The SMILES string of the molecule is CCOOP(=O)(CCC(=O)C(=O)O)OC. The molecule has 0 radical (unpaired) electrons. The van der Waals surface area contributed by atoms with Crippen LogP contribution in [-0.2, 0) is 28.2 Å². The van der Waals surface area contributed by atoms with Crippen LogP contribution in [0.15, 0.2) is 0 Å². The average Bonchev–Trinajstić information content (AvgIpc) is 2.22. The summed E-state index contributed by atoms with van der Waals surface area (Å²) in [6, 6.07) is 0. The topological polar surface area (TPSA) is 99.1 Å². The highest BCUT2D eigenvalue weighted by Gasteiger charge is 2.27. The Balaban J connectivity index is 4.14. The summed E-state index contributed by atoms with van der Waals surface area (Å²) in [6.07, 6.45) is -0.748. The summed E-state index contributed by atoms with van der Waals surface area (Å²) in [6.45, 7) is 1.78. The van der Waals surface area contributed by atoms with Gasteiger partial charge < -0.3 is 9.63 Å². The number of ketones is 1. The zero-order valence-corrected chi connectivity index (χ0v) is 9.36. The summed E-state index contributed by atoms with van der Waals surface area (Å²) in [7, 11) is -2.39. The zero-order chi connectivity index (χ0) is 11.9. The molecule has 15 heavy (non-hydrogen) atoms. The third kappa shape index (κ3) is 5.64. The quantitative estimate of drug-likeness (QED) is 0.290. The highest BCUT2D eigenvalue weighted by Crippen LogP contribution is 2.47. The molecule has 88 valence electrons. The lowest BCUT2D eigenvalue weighted by Gasteiger charge is -2.13. The van der Waals surface area contributed by atoms with Gasteiger partial charge in [-0.1, -0.05) is 0 Å². The second-order valence-corrected chi connectivity index (χ2v) is 4.66. The molecule has 0 aliphatic rings. The molecule has 0 aliphatic carbocycles. The smallest absolute Gasteiger partial charge is 0.372 e. The van der Waals surface area contributed by atoms with Crippen LogP contribution in [0.4, 0.5) is 0 Å². The van der Waals surface area contributed by atoms with Gasteiger partial charge in [0.2, 0.25) is 5.78 Å². The van der Waals surface area contributed by atoms with Gasteiger partial charge in [-0.15, -0.1) is 4.67 Å². The molecule has 0 saturated heterocycles. The van der Waals surface area contributed by atoms with Crippen molar-refractivity contribution in [2.45, 2.75) is 13.3 Å². The minimum atomic E-state index is -3.52. The monoisotopic (exact) mass is 240 g/mol. The van der Waals surface area contributed by atoms with Gasteiger partial charge in [-0.05, 0) is 6.92 Å². The first kappa shape index (κ1) is 14.2. The van der Waals surface area contributed by atoms with Crippen LogP contribution in [0.5, 0.6) is 0 Å². The molecule has 1 unspecified atom stereocenters. The van der Waals surface area contributed by atoms with Gasteiger partial charge in [0.15, 0.2) is 0 Å². The maximum absolute atomic E-state index is 11.6. The largest absolute Gasteiger partial charge is 0.476 e. The summed E-state index contributed by atoms with van der Waals surface area (Å²) in [5.74, 6) is -2.62. The molecule has 0 aromatic rings. The Hall–Kier alpha value is -0.750. The number of aliphatic carboxylic acids is 1. The molecule has 0 rings (SSSR count). The van der Waals surface area contributed by atoms with Gasteiger partial charge in [0.05, 0.1) is 12.8 Å². The molecule has 0 aromatic carbocycles. The van der Waals surface area contributed by atoms with Crippen molar-refractivity contribution in [3.05, 3.63) is 0 Å². The fourth-order valence-corrected chi connectivity index (χ4v) is 1.70. The van der Waals surface area contributed by atoms with Gasteiger partial charge in [-0.3, -0.25) is 9.36 Å². The third-order valence-corrected chi connectivity index (χ3v) is 3.07. The number of carbonyl (C=O) groups excluding carboxylic acids is 1. The maximum atomic E-state index is 11.6. The van der Waals surface area contributed by atoms with E-state index in [9.17, 15) is 14.2 Å². The molecule has 0 saturated carbocycles. The molecule has 0 fully saturated rings. The van der Waals surface area contributed by atoms with E-state index in [0.29, 0.717) is 0 Å². The van der Waals surface area contributed by atoms with Gasteiger partial charge in [0.1, 0.15) is 0 Å². The molecule has 0 heterocycles. The Morgan fingerprint density at radius 1 is 1.40 bits per heavy atom. The minimum absolute atomic E-state index is 0.167. The molecule has 0 aliphatic heterocycles. The Labute approximate surface area is 86.8 Å². The first-order valence-electron chi connectivity index (χ1n) is 4.17. The number of carbonyl (C=O) groups is 2. The van der Waals surface area contributed by atoms with Gasteiger partial charge in [-0.2, -0.15) is 0 Å². The second kappa shape index (κ2) is 6.68. The molecule has 7 nitrogen and oxygen atoms in total. The molecular formula is C7H13O7P. The van der Waals surface area contributed by atoms with E-state index in [1.807, 2.05) is 0 Å². The molecule has 0 bridgehead atoms. The van der Waals surface area contributed by atoms with Crippen molar-refractivity contribution >= 4 is 19.3 Å². The number of hydrogen-bond donors (Lipinski definition) is 1. The van der Waals surface area contributed by atoms with Gasteiger partial charge in [0.25, 0.3) is 0 Å². The van der Waals surface area contributed by atoms with Crippen molar-refractivity contribution in [3.63, 3.8) is 0 Å². The number of carboxylic acids is 1. The van der Waals surface area contributed by atoms with E-state index in [2.05, 4.69) is 14.1 Å². The Kier molecular flexibility index (Phi) is 6.35. The lowest BCUT2D eigenvalue weighted by atomic mass is 10.3. The van der Waals surface area contributed by atoms with Crippen molar-refractivity contribution in [2.24, 2.45) is 0 Å². The molecular weight excluding hydrogens is 227 g/mol. The first-order chi connectivity index (χ1) is 6.95. The summed E-state index contributed by atoms with van der Waals surface area (Å²) >= 11 is 0. The maximum Gasteiger partial charge on any atom is 0.372 e.